The summed E-state index contributed by atoms with van der Waals surface area (Å²) >= 11 is 0. The van der Waals surface area contributed by atoms with Crippen LogP contribution in [0.25, 0.3) is 0 Å². The van der Waals surface area contributed by atoms with Crippen molar-refractivity contribution in [2.75, 3.05) is 25.5 Å². The molecule has 1 aromatic carbocycles. The summed E-state index contributed by atoms with van der Waals surface area (Å²) in [6, 6.07) is 1.77. The summed E-state index contributed by atoms with van der Waals surface area (Å²) in [5.74, 6) is -9.77. The molecule has 0 saturated heterocycles. The number of nitrogens with two attached hydrogens (primary N) is 1. The summed E-state index contributed by atoms with van der Waals surface area (Å²) < 4.78 is 0. The Morgan fingerprint density at radius 1 is 1.18 bits per heavy atom. The number of phenols is 1. The molecule has 0 bridgehead atoms. The van der Waals surface area contributed by atoms with Gasteiger partial charge in [-0.2, -0.15) is 0 Å². The molecule has 0 radical (unpaired) electrons. The van der Waals surface area contributed by atoms with Gasteiger partial charge in [-0.25, -0.2) is 0 Å². The molecule has 3 aliphatic carbocycles. The Labute approximate surface area is 219 Å². The maximum atomic E-state index is 13.8. The molecular formula is C27H33N3O8. The van der Waals surface area contributed by atoms with E-state index in [-0.39, 0.29) is 41.7 Å². The first kappa shape index (κ1) is 27.3. The van der Waals surface area contributed by atoms with E-state index in [0.717, 1.165) is 0 Å². The number of ketones is 3. The quantitative estimate of drug-likeness (QED) is 0.301. The van der Waals surface area contributed by atoms with Crippen LogP contribution in [0.4, 0.5) is 5.69 Å². The van der Waals surface area contributed by atoms with Gasteiger partial charge in [0.1, 0.15) is 17.1 Å². The number of carbonyl (C=O) groups excluding carboxylic acids is 4. The Morgan fingerprint density at radius 2 is 1.82 bits per heavy atom. The van der Waals surface area contributed by atoms with Crippen molar-refractivity contribution < 1.29 is 39.6 Å². The minimum Gasteiger partial charge on any atom is -0.508 e. The van der Waals surface area contributed by atoms with E-state index in [0.29, 0.717) is 23.4 Å². The van der Waals surface area contributed by atoms with Crippen molar-refractivity contribution in [1.82, 2.24) is 5.32 Å². The zero-order valence-corrected chi connectivity index (χ0v) is 22.0. The molecule has 4 rings (SSSR count). The molecule has 204 valence electrons. The zero-order valence-electron chi connectivity index (χ0n) is 22.0. The van der Waals surface area contributed by atoms with Gasteiger partial charge in [0.25, 0.3) is 5.91 Å². The van der Waals surface area contributed by atoms with Crippen molar-refractivity contribution in [3.8, 4) is 5.75 Å². The van der Waals surface area contributed by atoms with Gasteiger partial charge in [0.15, 0.2) is 17.1 Å². The molecule has 0 aliphatic heterocycles. The standard InChI is InChI=1S/C27H33N3O8/c1-26(2,3)10-29-9-12-8-15(30(4)5)13-6-11-7-14-20(32)22(34)18(25(28)37)24(36)27(14,38)23(35)16(11)21(33)17(13)19(12)31/h8,11,14,29,31,34-35,38H,6-7,9-10H2,1-5H3,(H2,28,37)/t11-,14-,27-/m0/s1. The average Bonchev–Trinajstić information content (AvgIpc) is 2.79. The van der Waals surface area contributed by atoms with Gasteiger partial charge >= 0.3 is 0 Å². The maximum absolute atomic E-state index is 13.8. The summed E-state index contributed by atoms with van der Waals surface area (Å²) in [5, 5.41) is 47.2. The van der Waals surface area contributed by atoms with Crippen LogP contribution in [-0.4, -0.2) is 69.9 Å². The second-order valence-electron chi connectivity index (χ2n) is 11.6. The molecule has 11 heteroatoms. The number of aliphatic hydroxyl groups excluding tert-OH is 2. The second kappa shape index (κ2) is 8.95. The lowest BCUT2D eigenvalue weighted by atomic mass is 9.59. The van der Waals surface area contributed by atoms with Crippen LogP contribution in [0.5, 0.6) is 5.75 Å². The number of amides is 1. The summed E-state index contributed by atoms with van der Waals surface area (Å²) in [6.45, 7) is 7.04. The average molecular weight is 528 g/mol. The highest BCUT2D eigenvalue weighted by molar-refractivity contribution is 6.30. The highest BCUT2D eigenvalue weighted by Crippen LogP contribution is 2.51. The third-order valence-corrected chi connectivity index (χ3v) is 7.49. The molecule has 0 fully saturated rings. The number of fused-ring (bicyclic) bond motifs is 3. The molecule has 3 aliphatic rings. The molecule has 1 aromatic rings. The van der Waals surface area contributed by atoms with Crippen molar-refractivity contribution in [3.63, 3.8) is 0 Å². The first-order chi connectivity index (χ1) is 17.5. The lowest BCUT2D eigenvalue weighted by molar-refractivity contribution is -0.153. The van der Waals surface area contributed by atoms with E-state index in [2.05, 4.69) is 5.32 Å². The Morgan fingerprint density at radius 3 is 2.37 bits per heavy atom. The number of hydrogen-bond donors (Lipinski definition) is 6. The molecule has 38 heavy (non-hydrogen) atoms. The Bertz CT molecular complexity index is 1350. The van der Waals surface area contributed by atoms with Crippen LogP contribution in [0.15, 0.2) is 28.7 Å². The number of nitrogens with zero attached hydrogens (tertiary/aromatic N) is 1. The number of carbonyl (C=O) groups is 4. The highest BCUT2D eigenvalue weighted by atomic mass is 16.4. The topological polar surface area (TPSA) is 190 Å². The second-order valence-corrected chi connectivity index (χ2v) is 11.6. The van der Waals surface area contributed by atoms with E-state index in [9.17, 15) is 39.6 Å². The number of rotatable bonds is 5. The molecule has 0 unspecified atom stereocenters. The number of allylic oxidation sites excluding steroid dienone is 2. The predicted octanol–water partition coefficient (Wildman–Crippen LogP) is 0.961. The highest BCUT2D eigenvalue weighted by Gasteiger charge is 2.63. The van der Waals surface area contributed by atoms with E-state index in [1.54, 1.807) is 25.1 Å². The monoisotopic (exact) mass is 527 g/mol. The number of hydrogen-bond acceptors (Lipinski definition) is 10. The van der Waals surface area contributed by atoms with E-state index < -0.39 is 57.8 Å². The lowest BCUT2D eigenvalue weighted by Gasteiger charge is -2.45. The molecule has 11 nitrogen and oxygen atoms in total. The van der Waals surface area contributed by atoms with Gasteiger partial charge < -0.3 is 36.4 Å². The van der Waals surface area contributed by atoms with Gasteiger partial charge in [-0.15, -0.1) is 0 Å². The van der Waals surface area contributed by atoms with E-state index in [1.165, 1.54) is 0 Å². The zero-order chi connectivity index (χ0) is 28.5. The number of anilines is 1. The summed E-state index contributed by atoms with van der Waals surface area (Å²) in [6.07, 6.45) is -0.150. The van der Waals surface area contributed by atoms with Crippen molar-refractivity contribution in [3.05, 3.63) is 45.4 Å². The van der Waals surface area contributed by atoms with Gasteiger partial charge in [-0.05, 0) is 35.8 Å². The molecule has 1 amide bonds. The van der Waals surface area contributed by atoms with Gasteiger partial charge in [0, 0.05) is 44.0 Å². The fourth-order valence-corrected chi connectivity index (χ4v) is 5.68. The third-order valence-electron chi connectivity index (χ3n) is 7.49. The Kier molecular flexibility index (Phi) is 6.44. The van der Waals surface area contributed by atoms with E-state index in [4.69, 9.17) is 5.73 Å². The summed E-state index contributed by atoms with van der Waals surface area (Å²) in [4.78, 5) is 53.4. The minimum atomic E-state index is -2.95. The Hall–Kier alpha value is -3.70. The van der Waals surface area contributed by atoms with E-state index >= 15 is 0 Å². The number of primary amides is 1. The number of benzene rings is 1. The van der Waals surface area contributed by atoms with Gasteiger partial charge in [0.2, 0.25) is 11.6 Å². The molecule has 0 heterocycles. The first-order valence-corrected chi connectivity index (χ1v) is 12.3. The minimum absolute atomic E-state index is 0.0292. The smallest absolute Gasteiger partial charge is 0.256 e. The van der Waals surface area contributed by atoms with Crippen LogP contribution in [-0.2, 0) is 27.3 Å². The molecular weight excluding hydrogens is 494 g/mol. The van der Waals surface area contributed by atoms with Crippen LogP contribution in [0.3, 0.4) is 0 Å². The van der Waals surface area contributed by atoms with Crippen LogP contribution in [0, 0.1) is 17.3 Å². The normalized spacial score (nSPS) is 25.3. The number of aromatic hydroxyl groups is 1. The number of aliphatic hydroxyl groups is 3. The fraction of sp³-hybridized carbons (Fsp3) is 0.481. The number of Topliss-reactive ketones (excluding diaryl/α,β-unsaturated/α-hetero) is 3. The van der Waals surface area contributed by atoms with Crippen LogP contribution in [0.1, 0.15) is 48.7 Å². The predicted molar refractivity (Wildman–Crippen MR) is 137 cm³/mol. The molecule has 3 atom stereocenters. The largest absolute Gasteiger partial charge is 0.508 e. The SMILES string of the molecule is CN(C)c1cc(CNCC(C)(C)C)c(O)c2c1C[C@H]1C[C@H]3C(=O)C(O)=C(C(N)=O)C(=O)[C@@]3(O)C(O)=C1C2=O. The molecule has 7 N–H and O–H groups in total. The van der Waals surface area contributed by atoms with E-state index in [1.807, 2.05) is 20.8 Å². The van der Waals surface area contributed by atoms with Crippen LogP contribution >= 0.6 is 0 Å². The number of phenolic OH excluding ortho intramolecular Hbond substituents is 1. The van der Waals surface area contributed by atoms with Crippen molar-refractivity contribution in [2.45, 2.75) is 45.8 Å². The molecule has 0 aromatic heterocycles. The Balaban J connectivity index is 1.87. The van der Waals surface area contributed by atoms with Crippen molar-refractivity contribution in [2.24, 2.45) is 23.0 Å². The summed E-state index contributed by atoms with van der Waals surface area (Å²) in [5.41, 5.74) is 2.27. The molecule has 0 spiro atoms. The van der Waals surface area contributed by atoms with Crippen molar-refractivity contribution >= 4 is 28.9 Å². The van der Waals surface area contributed by atoms with Gasteiger partial charge in [-0.1, -0.05) is 20.8 Å². The lowest BCUT2D eigenvalue weighted by Crippen LogP contribution is -2.60. The van der Waals surface area contributed by atoms with Crippen LogP contribution < -0.4 is 16.0 Å². The number of nitrogens with one attached hydrogen (secondary N) is 1. The summed E-state index contributed by atoms with van der Waals surface area (Å²) in [7, 11) is 3.56. The van der Waals surface area contributed by atoms with Crippen molar-refractivity contribution in [1.29, 1.82) is 0 Å². The first-order valence-electron chi connectivity index (χ1n) is 12.3. The fourth-order valence-electron chi connectivity index (χ4n) is 5.68. The van der Waals surface area contributed by atoms with Gasteiger partial charge in [0.05, 0.1) is 11.5 Å². The third kappa shape index (κ3) is 3.97. The van der Waals surface area contributed by atoms with Crippen LogP contribution in [0.2, 0.25) is 0 Å². The maximum Gasteiger partial charge on any atom is 0.256 e. The van der Waals surface area contributed by atoms with Gasteiger partial charge in [-0.3, -0.25) is 19.2 Å². The molecule has 0 saturated carbocycles.